The third-order valence-electron chi connectivity index (χ3n) is 3.95. The van der Waals surface area contributed by atoms with E-state index in [1.165, 1.54) is 0 Å². The van der Waals surface area contributed by atoms with E-state index in [0.29, 0.717) is 29.0 Å². The molecule has 0 aliphatic carbocycles. The topological polar surface area (TPSA) is 58.9 Å². The summed E-state index contributed by atoms with van der Waals surface area (Å²) in [5.41, 5.74) is 2.46. The van der Waals surface area contributed by atoms with E-state index in [1.807, 2.05) is 49.4 Å². The zero-order chi connectivity index (χ0) is 17.1. The number of benzene rings is 3. The highest BCUT2D eigenvalue weighted by Gasteiger charge is 2.19. The third-order valence-corrected chi connectivity index (χ3v) is 3.95. The maximum atomic E-state index is 9.65. The van der Waals surface area contributed by atoms with Crippen LogP contribution in [0, 0.1) is 6.92 Å². The molecule has 0 spiro atoms. The van der Waals surface area contributed by atoms with Crippen molar-refractivity contribution in [1.29, 1.82) is 0 Å². The summed E-state index contributed by atoms with van der Waals surface area (Å²) in [4.78, 5) is 0. The predicted octanol–water partition coefficient (Wildman–Crippen LogP) is 2.42. The Hall–Kier alpha value is -2.50. The number of fused-ring (bicyclic) bond motifs is 1. The van der Waals surface area contributed by atoms with Crippen molar-refractivity contribution in [2.45, 2.75) is 13.5 Å². The molecule has 3 aromatic rings. The van der Waals surface area contributed by atoms with E-state index in [-0.39, 0.29) is 0 Å². The van der Waals surface area contributed by atoms with Gasteiger partial charge in [0.1, 0.15) is 18.1 Å². The number of rotatable bonds is 5. The Balaban J connectivity index is 2.09. The zero-order valence-electron chi connectivity index (χ0n) is 13.7. The lowest BCUT2D eigenvalue weighted by atomic mass is 9.76. The first kappa shape index (κ1) is 16.4. The SMILES string of the molecule is COc1cc(C)cc2c(B(O)O)ccc(OCc3ccccc3)c12. The van der Waals surface area contributed by atoms with Crippen LogP contribution in [0.1, 0.15) is 11.1 Å². The number of hydrogen-bond acceptors (Lipinski definition) is 4. The van der Waals surface area contributed by atoms with Crippen LogP contribution in [-0.4, -0.2) is 24.3 Å². The van der Waals surface area contributed by atoms with Gasteiger partial charge in [-0.05, 0) is 41.0 Å². The van der Waals surface area contributed by atoms with Gasteiger partial charge in [0, 0.05) is 0 Å². The highest BCUT2D eigenvalue weighted by atomic mass is 16.5. The van der Waals surface area contributed by atoms with Crippen LogP contribution in [0.5, 0.6) is 11.5 Å². The molecule has 4 nitrogen and oxygen atoms in total. The van der Waals surface area contributed by atoms with Gasteiger partial charge in [-0.25, -0.2) is 0 Å². The van der Waals surface area contributed by atoms with E-state index in [1.54, 1.807) is 19.2 Å². The molecule has 3 aromatic carbocycles. The van der Waals surface area contributed by atoms with Crippen LogP contribution >= 0.6 is 0 Å². The first-order valence-electron chi connectivity index (χ1n) is 7.74. The molecule has 0 saturated heterocycles. The summed E-state index contributed by atoms with van der Waals surface area (Å²) < 4.78 is 11.5. The molecule has 0 aliphatic rings. The molecule has 5 heteroatoms. The van der Waals surface area contributed by atoms with Crippen molar-refractivity contribution in [3.63, 3.8) is 0 Å². The summed E-state index contributed by atoms with van der Waals surface area (Å²) in [7, 11) is 0.0409. The van der Waals surface area contributed by atoms with Crippen LogP contribution in [0.3, 0.4) is 0 Å². The summed E-state index contributed by atoms with van der Waals surface area (Å²) in [6, 6.07) is 17.1. The maximum Gasteiger partial charge on any atom is 0.489 e. The molecular formula is C19H19BO4. The fraction of sp³-hybridized carbons (Fsp3) is 0.158. The van der Waals surface area contributed by atoms with Crippen LogP contribution in [-0.2, 0) is 6.61 Å². The fourth-order valence-electron chi connectivity index (χ4n) is 2.82. The second kappa shape index (κ2) is 6.95. The normalized spacial score (nSPS) is 10.7. The molecule has 0 heterocycles. The molecular weight excluding hydrogens is 303 g/mol. The van der Waals surface area contributed by atoms with E-state index in [4.69, 9.17) is 9.47 Å². The van der Waals surface area contributed by atoms with Crippen LogP contribution < -0.4 is 14.9 Å². The number of aryl methyl sites for hydroxylation is 1. The fourth-order valence-corrected chi connectivity index (χ4v) is 2.82. The Kier molecular flexibility index (Phi) is 4.74. The molecule has 2 N–H and O–H groups in total. The molecule has 0 unspecified atom stereocenters. The molecule has 24 heavy (non-hydrogen) atoms. The highest BCUT2D eigenvalue weighted by molar-refractivity contribution is 6.62. The predicted molar refractivity (Wildman–Crippen MR) is 95.8 cm³/mol. The molecule has 0 amide bonds. The van der Waals surface area contributed by atoms with Gasteiger partial charge in [0.15, 0.2) is 0 Å². The first-order chi connectivity index (χ1) is 11.6. The maximum absolute atomic E-state index is 9.65. The number of methoxy groups -OCH3 is 1. The van der Waals surface area contributed by atoms with Crippen molar-refractivity contribution in [3.8, 4) is 11.5 Å². The molecule has 0 radical (unpaired) electrons. The summed E-state index contributed by atoms with van der Waals surface area (Å²) in [5, 5.41) is 20.8. The molecule has 0 aliphatic heterocycles. The molecule has 0 saturated carbocycles. The van der Waals surface area contributed by atoms with Crippen LogP contribution in [0.15, 0.2) is 54.6 Å². The van der Waals surface area contributed by atoms with Crippen molar-refractivity contribution in [1.82, 2.24) is 0 Å². The highest BCUT2D eigenvalue weighted by Crippen LogP contribution is 2.34. The van der Waals surface area contributed by atoms with Gasteiger partial charge < -0.3 is 19.5 Å². The molecule has 0 fully saturated rings. The van der Waals surface area contributed by atoms with Crippen LogP contribution in [0.4, 0.5) is 0 Å². The van der Waals surface area contributed by atoms with Gasteiger partial charge >= 0.3 is 7.12 Å². The zero-order valence-corrected chi connectivity index (χ0v) is 13.7. The Morgan fingerprint density at radius 1 is 0.958 bits per heavy atom. The van der Waals surface area contributed by atoms with Gasteiger partial charge in [0.25, 0.3) is 0 Å². The Labute approximate surface area is 141 Å². The lowest BCUT2D eigenvalue weighted by Crippen LogP contribution is -2.30. The van der Waals surface area contributed by atoms with Crippen LogP contribution in [0.25, 0.3) is 10.8 Å². The van der Waals surface area contributed by atoms with Crippen molar-refractivity contribution in [2.24, 2.45) is 0 Å². The minimum Gasteiger partial charge on any atom is -0.496 e. The van der Waals surface area contributed by atoms with Crippen molar-refractivity contribution in [2.75, 3.05) is 7.11 Å². The van der Waals surface area contributed by atoms with E-state index >= 15 is 0 Å². The summed E-state index contributed by atoms with van der Waals surface area (Å²) in [6.45, 7) is 2.36. The van der Waals surface area contributed by atoms with Gasteiger partial charge in [0.2, 0.25) is 0 Å². The Bertz CT molecular complexity index is 847. The summed E-state index contributed by atoms with van der Waals surface area (Å²) in [6.07, 6.45) is 0. The largest absolute Gasteiger partial charge is 0.496 e. The lowest BCUT2D eigenvalue weighted by Gasteiger charge is -2.16. The van der Waals surface area contributed by atoms with Gasteiger partial charge in [0.05, 0.1) is 12.5 Å². The Morgan fingerprint density at radius 2 is 1.71 bits per heavy atom. The minimum atomic E-state index is -1.55. The summed E-state index contributed by atoms with van der Waals surface area (Å²) in [5.74, 6) is 1.30. The van der Waals surface area contributed by atoms with Gasteiger partial charge in [-0.15, -0.1) is 0 Å². The van der Waals surface area contributed by atoms with Crippen molar-refractivity contribution < 1.29 is 19.5 Å². The molecule has 0 bridgehead atoms. The van der Waals surface area contributed by atoms with E-state index in [0.717, 1.165) is 16.5 Å². The van der Waals surface area contributed by atoms with Crippen molar-refractivity contribution >= 4 is 23.4 Å². The smallest absolute Gasteiger partial charge is 0.489 e. The third kappa shape index (κ3) is 3.23. The second-order valence-electron chi connectivity index (χ2n) is 5.69. The van der Waals surface area contributed by atoms with Gasteiger partial charge in [-0.3, -0.25) is 0 Å². The first-order valence-corrected chi connectivity index (χ1v) is 7.74. The Morgan fingerprint density at radius 3 is 2.38 bits per heavy atom. The number of ether oxygens (including phenoxy) is 2. The van der Waals surface area contributed by atoms with E-state index in [2.05, 4.69) is 0 Å². The monoisotopic (exact) mass is 322 g/mol. The molecule has 122 valence electrons. The van der Waals surface area contributed by atoms with E-state index in [9.17, 15) is 10.0 Å². The molecule has 3 rings (SSSR count). The average Bonchev–Trinajstić information content (AvgIpc) is 2.59. The summed E-state index contributed by atoms with van der Waals surface area (Å²) >= 11 is 0. The number of hydrogen-bond donors (Lipinski definition) is 2. The van der Waals surface area contributed by atoms with Gasteiger partial charge in [-0.1, -0.05) is 42.5 Å². The van der Waals surface area contributed by atoms with Crippen LogP contribution in [0.2, 0.25) is 0 Å². The second-order valence-corrected chi connectivity index (χ2v) is 5.69. The standard InChI is InChI=1S/C19H19BO4/c1-13-10-15-16(20(21)22)8-9-17(19(15)18(11-13)23-2)24-12-14-6-4-3-5-7-14/h3-11,21-22H,12H2,1-2H3. The average molecular weight is 322 g/mol. The van der Waals surface area contributed by atoms with Gasteiger partial charge in [-0.2, -0.15) is 0 Å². The minimum absolute atomic E-state index is 0.425. The quantitative estimate of drug-likeness (QED) is 0.708. The lowest BCUT2D eigenvalue weighted by molar-refractivity contribution is 0.308. The van der Waals surface area contributed by atoms with E-state index < -0.39 is 7.12 Å². The molecule has 0 aromatic heterocycles. The van der Waals surface area contributed by atoms with Crippen molar-refractivity contribution in [3.05, 3.63) is 65.7 Å². The molecule has 0 atom stereocenters.